The van der Waals surface area contributed by atoms with Crippen molar-refractivity contribution in [2.24, 2.45) is 34.5 Å². The van der Waals surface area contributed by atoms with E-state index >= 15 is 0 Å². The summed E-state index contributed by atoms with van der Waals surface area (Å²) in [6.07, 6.45) is 12.5. The van der Waals surface area contributed by atoms with Crippen LogP contribution in [0.25, 0.3) is 0 Å². The van der Waals surface area contributed by atoms with Crippen LogP contribution in [-0.2, 0) is 4.79 Å². The monoisotopic (exact) mass is 318 g/mol. The number of ketones is 1. The van der Waals surface area contributed by atoms with Crippen LogP contribution in [0, 0.1) is 34.5 Å². The first kappa shape index (κ1) is 16.1. The van der Waals surface area contributed by atoms with E-state index in [9.17, 15) is 9.90 Å². The summed E-state index contributed by atoms with van der Waals surface area (Å²) < 4.78 is 0. The van der Waals surface area contributed by atoms with Gasteiger partial charge in [-0.25, -0.2) is 0 Å². The first-order chi connectivity index (χ1) is 10.8. The zero-order valence-corrected chi connectivity index (χ0v) is 15.2. The third-order valence-corrected chi connectivity index (χ3v) is 9.32. The van der Waals surface area contributed by atoms with Gasteiger partial charge in [0.05, 0.1) is 0 Å². The second-order valence-corrected chi connectivity index (χ2v) is 9.81. The molecule has 4 aliphatic carbocycles. The van der Waals surface area contributed by atoms with Gasteiger partial charge in [0.15, 0.2) is 5.78 Å². The lowest BCUT2D eigenvalue weighted by Gasteiger charge is -2.61. The fraction of sp³-hybridized carbons (Fsp3) is 0.952. The van der Waals surface area contributed by atoms with Crippen molar-refractivity contribution in [1.29, 1.82) is 0 Å². The highest BCUT2D eigenvalue weighted by molar-refractivity contribution is 5.86. The van der Waals surface area contributed by atoms with Gasteiger partial charge in [0.1, 0.15) is 5.60 Å². The van der Waals surface area contributed by atoms with Crippen LogP contribution in [0.2, 0.25) is 0 Å². The lowest BCUT2D eigenvalue weighted by molar-refractivity contribution is -0.167. The minimum absolute atomic E-state index is 0.0125. The molecule has 0 radical (unpaired) electrons. The van der Waals surface area contributed by atoms with E-state index in [4.69, 9.17) is 0 Å². The molecule has 0 aromatic rings. The van der Waals surface area contributed by atoms with Gasteiger partial charge >= 0.3 is 0 Å². The number of hydrogen-bond donors (Lipinski definition) is 1. The van der Waals surface area contributed by atoms with Crippen molar-refractivity contribution in [2.45, 2.75) is 90.6 Å². The standard InChI is InChI=1S/C21H34O2/c1-14(22)21(23)13-10-18-16-8-7-15-6-4-5-11-19(15,2)17(16)9-12-20(18,21)3/h15-18,23H,4-13H2,1-3H3/t15-,16+,17+,18+,19-,20-,21+/m0/s1. The van der Waals surface area contributed by atoms with Crippen LogP contribution in [-0.4, -0.2) is 16.5 Å². The fourth-order valence-corrected chi connectivity index (χ4v) is 7.89. The van der Waals surface area contributed by atoms with Crippen molar-refractivity contribution >= 4 is 5.78 Å². The molecule has 130 valence electrons. The summed E-state index contributed by atoms with van der Waals surface area (Å²) in [6, 6.07) is 0. The maximum atomic E-state index is 12.2. The van der Waals surface area contributed by atoms with E-state index in [0.717, 1.165) is 30.6 Å². The Labute approximate surface area is 141 Å². The molecule has 0 aromatic carbocycles. The van der Waals surface area contributed by atoms with E-state index < -0.39 is 5.60 Å². The van der Waals surface area contributed by atoms with E-state index in [1.54, 1.807) is 6.92 Å². The first-order valence-electron chi connectivity index (χ1n) is 10.1. The Bertz CT molecular complexity index is 514. The molecule has 0 unspecified atom stereocenters. The first-order valence-corrected chi connectivity index (χ1v) is 10.1. The number of fused-ring (bicyclic) bond motifs is 5. The Morgan fingerprint density at radius 2 is 1.65 bits per heavy atom. The summed E-state index contributed by atoms with van der Waals surface area (Å²) in [6.45, 7) is 6.43. The summed E-state index contributed by atoms with van der Waals surface area (Å²) in [5.41, 5.74) is -0.676. The molecule has 0 saturated heterocycles. The normalized spacial score (nSPS) is 55.7. The van der Waals surface area contributed by atoms with E-state index in [1.807, 2.05) is 0 Å². The quantitative estimate of drug-likeness (QED) is 0.758. The summed E-state index contributed by atoms with van der Waals surface area (Å²) in [5.74, 6) is 3.11. The smallest absolute Gasteiger partial charge is 0.161 e. The van der Waals surface area contributed by atoms with Crippen LogP contribution in [0.15, 0.2) is 0 Å². The van der Waals surface area contributed by atoms with Crippen molar-refractivity contribution in [3.8, 4) is 0 Å². The van der Waals surface area contributed by atoms with Crippen LogP contribution < -0.4 is 0 Å². The highest BCUT2D eigenvalue weighted by Crippen LogP contribution is 2.68. The summed E-state index contributed by atoms with van der Waals surface area (Å²) in [5, 5.41) is 11.2. The van der Waals surface area contributed by atoms with Crippen molar-refractivity contribution < 1.29 is 9.90 Å². The second-order valence-electron chi connectivity index (χ2n) is 9.81. The van der Waals surface area contributed by atoms with Gasteiger partial charge in [-0.3, -0.25) is 4.79 Å². The molecule has 0 bridgehead atoms. The van der Waals surface area contributed by atoms with Crippen molar-refractivity contribution in [1.82, 2.24) is 0 Å². The lowest BCUT2D eigenvalue weighted by atomic mass is 9.44. The number of Topliss-reactive ketones (excluding diaryl/α,β-unsaturated/α-hetero) is 1. The van der Waals surface area contributed by atoms with Gasteiger partial charge in [0.25, 0.3) is 0 Å². The molecule has 0 amide bonds. The molecule has 4 rings (SSSR count). The molecule has 0 aromatic heterocycles. The van der Waals surface area contributed by atoms with Gasteiger partial charge in [0, 0.05) is 5.41 Å². The molecule has 23 heavy (non-hydrogen) atoms. The summed E-state index contributed by atoms with van der Waals surface area (Å²) in [4.78, 5) is 12.2. The van der Waals surface area contributed by atoms with Crippen molar-refractivity contribution in [3.05, 3.63) is 0 Å². The average Bonchev–Trinajstić information content (AvgIpc) is 2.80. The van der Waals surface area contributed by atoms with Crippen molar-refractivity contribution in [2.75, 3.05) is 0 Å². The third-order valence-electron chi connectivity index (χ3n) is 9.32. The predicted molar refractivity (Wildman–Crippen MR) is 92.0 cm³/mol. The van der Waals surface area contributed by atoms with Crippen LogP contribution in [0.4, 0.5) is 0 Å². The Hall–Kier alpha value is -0.370. The Morgan fingerprint density at radius 1 is 0.913 bits per heavy atom. The number of hydrogen-bond acceptors (Lipinski definition) is 2. The largest absolute Gasteiger partial charge is 0.382 e. The highest BCUT2D eigenvalue weighted by atomic mass is 16.3. The Morgan fingerprint density at radius 3 is 2.39 bits per heavy atom. The Balaban J connectivity index is 1.67. The molecule has 0 spiro atoms. The van der Waals surface area contributed by atoms with Crippen LogP contribution in [0.5, 0.6) is 0 Å². The molecule has 4 aliphatic rings. The lowest BCUT2D eigenvalue weighted by Crippen LogP contribution is -2.58. The summed E-state index contributed by atoms with van der Waals surface area (Å²) >= 11 is 0. The SMILES string of the molecule is CC(=O)[C@]1(O)CC[C@@H]2[C@@H]3CC[C@@H]4CCCC[C@]4(C)[C@@H]3CC[C@@]21C. The zero-order chi connectivity index (χ0) is 16.5. The van der Waals surface area contributed by atoms with Crippen molar-refractivity contribution in [3.63, 3.8) is 0 Å². The summed E-state index contributed by atoms with van der Waals surface area (Å²) in [7, 11) is 0. The zero-order valence-electron chi connectivity index (χ0n) is 15.2. The van der Waals surface area contributed by atoms with Gasteiger partial charge in [-0.05, 0) is 87.4 Å². The number of carbonyl (C=O) groups excluding carboxylic acids is 1. The van der Waals surface area contributed by atoms with Gasteiger partial charge in [-0.2, -0.15) is 0 Å². The maximum Gasteiger partial charge on any atom is 0.161 e. The van der Waals surface area contributed by atoms with E-state index in [0.29, 0.717) is 17.8 Å². The van der Waals surface area contributed by atoms with Gasteiger partial charge in [-0.15, -0.1) is 0 Å². The molecule has 4 fully saturated rings. The third kappa shape index (κ3) is 1.94. The predicted octanol–water partition coefficient (Wildman–Crippen LogP) is 4.74. The van der Waals surface area contributed by atoms with Crippen LogP contribution in [0.1, 0.15) is 85.0 Å². The minimum atomic E-state index is -1.05. The topological polar surface area (TPSA) is 37.3 Å². The average molecular weight is 319 g/mol. The van der Waals surface area contributed by atoms with Crippen LogP contribution >= 0.6 is 0 Å². The molecule has 4 saturated carbocycles. The van der Waals surface area contributed by atoms with Crippen LogP contribution in [0.3, 0.4) is 0 Å². The molecule has 2 nitrogen and oxygen atoms in total. The highest BCUT2D eigenvalue weighted by Gasteiger charge is 2.65. The maximum absolute atomic E-state index is 12.2. The van der Waals surface area contributed by atoms with Gasteiger partial charge < -0.3 is 5.11 Å². The molecular weight excluding hydrogens is 284 g/mol. The van der Waals surface area contributed by atoms with E-state index in [1.165, 1.54) is 44.9 Å². The van der Waals surface area contributed by atoms with Gasteiger partial charge in [-0.1, -0.05) is 26.7 Å². The molecule has 0 aliphatic heterocycles. The second kappa shape index (κ2) is 5.07. The molecular formula is C21H34O2. The molecule has 0 heterocycles. The minimum Gasteiger partial charge on any atom is -0.382 e. The molecule has 1 N–H and O–H groups in total. The fourth-order valence-electron chi connectivity index (χ4n) is 7.89. The number of carbonyl (C=O) groups is 1. The van der Waals surface area contributed by atoms with Gasteiger partial charge in [0.2, 0.25) is 0 Å². The number of rotatable bonds is 1. The molecule has 7 atom stereocenters. The number of aliphatic hydroxyl groups is 1. The molecule has 2 heteroatoms. The van der Waals surface area contributed by atoms with E-state index in [-0.39, 0.29) is 11.2 Å². The Kier molecular flexibility index (Phi) is 3.55. The van der Waals surface area contributed by atoms with E-state index in [2.05, 4.69) is 13.8 Å².